The summed E-state index contributed by atoms with van der Waals surface area (Å²) >= 11 is 1.86. The summed E-state index contributed by atoms with van der Waals surface area (Å²) in [6.45, 7) is 6.82. The molecule has 0 saturated carbocycles. The minimum absolute atomic E-state index is 0.00448. The van der Waals surface area contributed by atoms with Crippen molar-refractivity contribution >= 4 is 30.4 Å². The van der Waals surface area contributed by atoms with Crippen molar-refractivity contribution in [1.29, 1.82) is 0 Å². The van der Waals surface area contributed by atoms with Crippen LogP contribution in [0.3, 0.4) is 0 Å². The molecule has 0 aliphatic heterocycles. The largest absolute Gasteiger partial charge is 0.480 e. The molecule has 36 heavy (non-hydrogen) atoms. The average Bonchev–Trinajstić information content (AvgIpc) is 2.91. The first-order chi connectivity index (χ1) is 17.4. The summed E-state index contributed by atoms with van der Waals surface area (Å²) in [6, 6.07) is 20.4. The quantitative estimate of drug-likeness (QED) is 0.412. The van der Waals surface area contributed by atoms with Gasteiger partial charge in [0.2, 0.25) is 5.91 Å². The number of aryl methyl sites for hydroxylation is 1. The number of pyridine rings is 1. The van der Waals surface area contributed by atoms with Gasteiger partial charge in [-0.2, -0.15) is 11.8 Å². The van der Waals surface area contributed by atoms with Gasteiger partial charge < -0.3 is 20.5 Å². The summed E-state index contributed by atoms with van der Waals surface area (Å²) in [6.07, 6.45) is 5.88. The number of carbonyl (C=O) groups excluding carboxylic acids is 2. The van der Waals surface area contributed by atoms with E-state index in [2.05, 4.69) is 66.1 Å². The van der Waals surface area contributed by atoms with Gasteiger partial charge >= 0.3 is 5.97 Å². The number of aliphatic carboxylic acids is 1. The van der Waals surface area contributed by atoms with E-state index in [1.807, 2.05) is 48.9 Å². The van der Waals surface area contributed by atoms with Crippen LogP contribution in [-0.2, 0) is 27.3 Å². The molecule has 1 heterocycles. The summed E-state index contributed by atoms with van der Waals surface area (Å²) in [4.78, 5) is 33.6. The van der Waals surface area contributed by atoms with Crippen LogP contribution < -0.4 is 10.6 Å². The van der Waals surface area contributed by atoms with Crippen LogP contribution in [0.25, 0.3) is 11.1 Å². The van der Waals surface area contributed by atoms with E-state index >= 15 is 0 Å². The van der Waals surface area contributed by atoms with Crippen molar-refractivity contribution in [2.75, 3.05) is 25.6 Å². The standard InChI is InChI=1S/C21H20N2O.C3H7NO2.C3H8S.CH2O/c1-16-9-10-18(12-20(16)19-7-3-2-4-8-19)15-23-21(24)13-17-6-5-11-22-14-17;1-4-2-3(5)6;1-3-4-2;1-2/h2-12,14H,13,15H2,1H3,(H,23,24);4H,2H2,1H3,(H,5,6);3H2,1-2H3;1H2. The highest BCUT2D eigenvalue weighted by Gasteiger charge is 2.06. The van der Waals surface area contributed by atoms with Crippen LogP contribution in [0.2, 0.25) is 0 Å². The maximum atomic E-state index is 12.1. The number of carboxylic acid groups (broad SMARTS) is 1. The lowest BCUT2D eigenvalue weighted by Crippen LogP contribution is -2.24. The van der Waals surface area contributed by atoms with Crippen molar-refractivity contribution in [2.24, 2.45) is 0 Å². The Balaban J connectivity index is 0.000000860. The van der Waals surface area contributed by atoms with E-state index in [9.17, 15) is 9.59 Å². The summed E-state index contributed by atoms with van der Waals surface area (Å²) in [5.74, 6) is 0.419. The smallest absolute Gasteiger partial charge is 0.317 e. The van der Waals surface area contributed by atoms with Gasteiger partial charge in [-0.15, -0.1) is 0 Å². The van der Waals surface area contributed by atoms with Gasteiger partial charge in [0.15, 0.2) is 0 Å². The summed E-state index contributed by atoms with van der Waals surface area (Å²) in [5.41, 5.74) is 5.64. The Kier molecular flexibility index (Phi) is 18.8. The Labute approximate surface area is 218 Å². The van der Waals surface area contributed by atoms with Gasteiger partial charge in [0, 0.05) is 18.9 Å². The number of hydrogen-bond donors (Lipinski definition) is 3. The topological polar surface area (TPSA) is 108 Å². The van der Waals surface area contributed by atoms with Crippen molar-refractivity contribution in [1.82, 2.24) is 15.6 Å². The molecule has 0 saturated heterocycles. The highest BCUT2D eigenvalue weighted by molar-refractivity contribution is 7.98. The van der Waals surface area contributed by atoms with Crippen LogP contribution >= 0.6 is 11.8 Å². The van der Waals surface area contributed by atoms with Crippen LogP contribution in [0.5, 0.6) is 0 Å². The SMILES string of the molecule is C=O.CCSC.CNCC(=O)O.Cc1ccc(CNC(=O)Cc2cccnc2)cc1-c1ccccc1. The second-order valence-corrected chi connectivity index (χ2v) is 8.49. The molecule has 3 aromatic rings. The highest BCUT2D eigenvalue weighted by atomic mass is 32.2. The van der Waals surface area contributed by atoms with Crippen molar-refractivity contribution < 1.29 is 19.5 Å². The van der Waals surface area contributed by atoms with Crippen LogP contribution in [0, 0.1) is 6.92 Å². The number of aromatic nitrogens is 1. The lowest BCUT2D eigenvalue weighted by atomic mass is 9.98. The molecule has 8 heteroatoms. The molecule has 0 spiro atoms. The van der Waals surface area contributed by atoms with E-state index in [1.54, 1.807) is 19.4 Å². The number of nitrogens with one attached hydrogen (secondary N) is 2. The molecule has 1 aromatic heterocycles. The van der Waals surface area contributed by atoms with E-state index in [0.717, 1.165) is 11.1 Å². The molecule has 0 atom stereocenters. The first-order valence-corrected chi connectivity index (χ1v) is 12.7. The molecule has 1 amide bonds. The van der Waals surface area contributed by atoms with Gasteiger partial charge in [0.05, 0.1) is 13.0 Å². The maximum Gasteiger partial charge on any atom is 0.317 e. The maximum absolute atomic E-state index is 12.1. The first kappa shape index (κ1) is 32.5. The normalized spacial score (nSPS) is 9.22. The number of carboxylic acids is 1. The average molecular weight is 512 g/mol. The van der Waals surface area contributed by atoms with E-state index in [1.165, 1.54) is 22.4 Å². The van der Waals surface area contributed by atoms with Crippen molar-refractivity contribution in [3.05, 3.63) is 89.7 Å². The molecule has 2 aromatic carbocycles. The lowest BCUT2D eigenvalue weighted by Gasteiger charge is -2.10. The Morgan fingerprint density at radius 3 is 2.19 bits per heavy atom. The van der Waals surface area contributed by atoms with Crippen LogP contribution in [0.1, 0.15) is 23.6 Å². The van der Waals surface area contributed by atoms with Crippen molar-refractivity contribution in [2.45, 2.75) is 26.8 Å². The second-order valence-electron chi connectivity index (χ2n) is 7.33. The van der Waals surface area contributed by atoms with Crippen molar-refractivity contribution in [3.8, 4) is 11.1 Å². The number of thioether (sulfide) groups is 1. The van der Waals surface area contributed by atoms with Gasteiger partial charge in [-0.3, -0.25) is 14.6 Å². The number of likely N-dealkylation sites (N-methyl/N-ethyl adjacent to an activating group) is 1. The van der Waals surface area contributed by atoms with E-state index < -0.39 is 5.97 Å². The number of benzene rings is 2. The zero-order chi connectivity index (χ0) is 27.2. The molecule has 0 unspecified atom stereocenters. The van der Waals surface area contributed by atoms with Crippen LogP contribution in [-0.4, -0.2) is 54.4 Å². The fourth-order valence-electron chi connectivity index (χ4n) is 2.81. The Morgan fingerprint density at radius 2 is 1.69 bits per heavy atom. The number of hydrogen-bond acceptors (Lipinski definition) is 6. The van der Waals surface area contributed by atoms with Gasteiger partial charge in [0.25, 0.3) is 0 Å². The number of rotatable bonds is 8. The second kappa shape index (κ2) is 20.8. The molecule has 0 bridgehead atoms. The number of nitrogens with zero attached hydrogens (tertiary/aromatic N) is 1. The Morgan fingerprint density at radius 1 is 1.03 bits per heavy atom. The molecule has 0 aliphatic rings. The zero-order valence-electron chi connectivity index (χ0n) is 21.5. The predicted molar refractivity (Wildman–Crippen MR) is 149 cm³/mol. The summed E-state index contributed by atoms with van der Waals surface area (Å²) in [7, 11) is 1.59. The highest BCUT2D eigenvalue weighted by Crippen LogP contribution is 2.24. The molecule has 3 N–H and O–H groups in total. The third-order valence-corrected chi connectivity index (χ3v) is 5.16. The molecule has 194 valence electrons. The monoisotopic (exact) mass is 511 g/mol. The molecule has 3 rings (SSSR count). The number of carbonyl (C=O) groups is 3. The first-order valence-electron chi connectivity index (χ1n) is 11.4. The minimum atomic E-state index is -0.822. The summed E-state index contributed by atoms with van der Waals surface area (Å²) in [5, 5.41) is 13.3. The van der Waals surface area contributed by atoms with Gasteiger partial charge in [-0.05, 0) is 65.9 Å². The Hall–Kier alpha value is -3.49. The van der Waals surface area contributed by atoms with Gasteiger partial charge in [-0.25, -0.2) is 0 Å². The van der Waals surface area contributed by atoms with E-state index in [4.69, 9.17) is 9.90 Å². The zero-order valence-corrected chi connectivity index (χ0v) is 22.3. The minimum Gasteiger partial charge on any atom is -0.480 e. The molecule has 7 nitrogen and oxygen atoms in total. The van der Waals surface area contributed by atoms with Crippen molar-refractivity contribution in [3.63, 3.8) is 0 Å². The van der Waals surface area contributed by atoms with Crippen LogP contribution in [0.4, 0.5) is 0 Å². The molecule has 0 aliphatic carbocycles. The lowest BCUT2D eigenvalue weighted by molar-refractivity contribution is -0.135. The molecular formula is C28H37N3O4S. The number of amides is 1. The molecule has 0 radical (unpaired) electrons. The van der Waals surface area contributed by atoms with Crippen LogP contribution in [0.15, 0.2) is 73.1 Å². The molecule has 0 fully saturated rings. The fraction of sp³-hybridized carbons (Fsp3) is 0.286. The fourth-order valence-corrected chi connectivity index (χ4v) is 2.81. The predicted octanol–water partition coefficient (Wildman–Crippen LogP) is 4.39. The third kappa shape index (κ3) is 14.7. The summed E-state index contributed by atoms with van der Waals surface area (Å²) < 4.78 is 0. The van der Waals surface area contributed by atoms with E-state index in [0.29, 0.717) is 13.0 Å². The Bertz CT molecular complexity index is 1000. The van der Waals surface area contributed by atoms with Gasteiger partial charge in [0.1, 0.15) is 6.79 Å². The third-order valence-electron chi connectivity index (χ3n) is 4.58. The molecular weight excluding hydrogens is 474 g/mol. The van der Waals surface area contributed by atoms with Gasteiger partial charge in [-0.1, -0.05) is 55.5 Å². The van der Waals surface area contributed by atoms with E-state index in [-0.39, 0.29) is 12.5 Å².